The molecule has 0 spiro atoms. The third-order valence-corrected chi connectivity index (χ3v) is 6.62. The standard InChI is InChI=1S/C31H42O4/c1-3-5-7-8-9-10-11-13-15-30(32)34-27-21-20-26-22-28(31(33)35-29(26)23-27)25-18-16-24(17-19-25)14-12-6-4-2/h16-23,30,32H,3-15H2,1-2H3. The van der Waals surface area contributed by atoms with Crippen LogP contribution in [0.1, 0.15) is 96.5 Å². The second-order valence-corrected chi connectivity index (χ2v) is 9.64. The summed E-state index contributed by atoms with van der Waals surface area (Å²) in [5, 5.41) is 11.1. The molecule has 1 atom stereocenters. The number of aryl methyl sites for hydroxylation is 1. The molecule has 0 saturated carbocycles. The summed E-state index contributed by atoms with van der Waals surface area (Å²) in [5.74, 6) is 0.511. The smallest absolute Gasteiger partial charge is 0.344 e. The summed E-state index contributed by atoms with van der Waals surface area (Å²) >= 11 is 0. The van der Waals surface area contributed by atoms with Crippen LogP contribution in [-0.4, -0.2) is 11.4 Å². The lowest BCUT2D eigenvalue weighted by Crippen LogP contribution is -2.15. The van der Waals surface area contributed by atoms with Crippen molar-refractivity contribution < 1.29 is 14.3 Å². The maximum atomic E-state index is 12.7. The lowest BCUT2D eigenvalue weighted by Gasteiger charge is -2.14. The van der Waals surface area contributed by atoms with E-state index in [1.807, 2.05) is 30.3 Å². The summed E-state index contributed by atoms with van der Waals surface area (Å²) in [6.45, 7) is 4.44. The fraction of sp³-hybridized carbons (Fsp3) is 0.516. The van der Waals surface area contributed by atoms with Gasteiger partial charge in [0.25, 0.3) is 0 Å². The molecule has 4 heteroatoms. The predicted octanol–water partition coefficient (Wildman–Crippen LogP) is 8.42. The van der Waals surface area contributed by atoms with Gasteiger partial charge >= 0.3 is 5.63 Å². The molecule has 0 aliphatic rings. The molecule has 0 aliphatic heterocycles. The molecule has 0 amide bonds. The topological polar surface area (TPSA) is 59.7 Å². The molecule has 1 aromatic heterocycles. The van der Waals surface area contributed by atoms with E-state index in [2.05, 4.69) is 26.0 Å². The lowest BCUT2D eigenvalue weighted by molar-refractivity contribution is -0.0245. The van der Waals surface area contributed by atoms with E-state index in [-0.39, 0.29) is 5.63 Å². The van der Waals surface area contributed by atoms with Gasteiger partial charge in [0.15, 0.2) is 6.29 Å². The summed E-state index contributed by atoms with van der Waals surface area (Å²) in [6, 6.07) is 15.4. The van der Waals surface area contributed by atoms with Crippen LogP contribution in [0.5, 0.6) is 5.75 Å². The van der Waals surface area contributed by atoms with Gasteiger partial charge in [-0.1, -0.05) is 95.9 Å². The van der Waals surface area contributed by atoms with E-state index in [4.69, 9.17) is 9.15 Å². The van der Waals surface area contributed by atoms with E-state index in [0.29, 0.717) is 23.3 Å². The highest BCUT2D eigenvalue weighted by atomic mass is 16.6. The third kappa shape index (κ3) is 8.85. The molecule has 35 heavy (non-hydrogen) atoms. The molecule has 1 heterocycles. The molecule has 4 nitrogen and oxygen atoms in total. The van der Waals surface area contributed by atoms with E-state index in [0.717, 1.165) is 30.2 Å². The summed E-state index contributed by atoms with van der Waals surface area (Å²) in [7, 11) is 0. The minimum absolute atomic E-state index is 0.368. The molecular weight excluding hydrogens is 436 g/mol. The Labute approximate surface area is 210 Å². The van der Waals surface area contributed by atoms with Crippen molar-refractivity contribution in [3.63, 3.8) is 0 Å². The van der Waals surface area contributed by atoms with Crippen molar-refractivity contribution in [2.75, 3.05) is 0 Å². The van der Waals surface area contributed by atoms with Crippen molar-refractivity contribution in [3.05, 3.63) is 64.5 Å². The first kappa shape index (κ1) is 27.0. The number of ether oxygens (including phenoxy) is 1. The van der Waals surface area contributed by atoms with Crippen molar-refractivity contribution in [1.82, 2.24) is 0 Å². The summed E-state index contributed by atoms with van der Waals surface area (Å²) < 4.78 is 11.3. The van der Waals surface area contributed by atoms with Gasteiger partial charge in [0.2, 0.25) is 0 Å². The molecule has 0 fully saturated rings. The molecular formula is C31H42O4. The van der Waals surface area contributed by atoms with Crippen LogP contribution in [0.2, 0.25) is 0 Å². The first-order valence-electron chi connectivity index (χ1n) is 13.6. The van der Waals surface area contributed by atoms with Gasteiger partial charge in [0.05, 0.1) is 5.56 Å². The van der Waals surface area contributed by atoms with Gasteiger partial charge in [0, 0.05) is 17.9 Å². The quantitative estimate of drug-likeness (QED) is 0.127. The molecule has 1 unspecified atom stereocenters. The third-order valence-electron chi connectivity index (χ3n) is 6.62. The predicted molar refractivity (Wildman–Crippen MR) is 145 cm³/mol. The molecule has 2 aromatic carbocycles. The zero-order valence-electron chi connectivity index (χ0n) is 21.6. The van der Waals surface area contributed by atoms with Crippen LogP contribution in [-0.2, 0) is 6.42 Å². The average Bonchev–Trinajstić information content (AvgIpc) is 2.86. The largest absolute Gasteiger partial charge is 0.465 e. The van der Waals surface area contributed by atoms with Crippen molar-refractivity contribution in [2.45, 2.75) is 104 Å². The molecule has 0 aliphatic carbocycles. The van der Waals surface area contributed by atoms with Gasteiger partial charge in [-0.15, -0.1) is 0 Å². The Hall–Kier alpha value is -2.59. The van der Waals surface area contributed by atoms with Gasteiger partial charge in [-0.2, -0.15) is 0 Å². The Morgan fingerprint density at radius 1 is 0.800 bits per heavy atom. The number of fused-ring (bicyclic) bond motifs is 1. The second-order valence-electron chi connectivity index (χ2n) is 9.64. The van der Waals surface area contributed by atoms with Gasteiger partial charge in [0.1, 0.15) is 11.3 Å². The van der Waals surface area contributed by atoms with Crippen LogP contribution in [0, 0.1) is 0 Å². The fourth-order valence-corrected chi connectivity index (χ4v) is 4.47. The maximum Gasteiger partial charge on any atom is 0.344 e. The van der Waals surface area contributed by atoms with Gasteiger partial charge in [-0.3, -0.25) is 0 Å². The maximum absolute atomic E-state index is 12.7. The normalized spacial score (nSPS) is 12.2. The molecule has 0 bridgehead atoms. The Bertz CT molecular complexity index is 1070. The number of rotatable bonds is 16. The molecule has 190 valence electrons. The molecule has 3 rings (SSSR count). The lowest BCUT2D eigenvalue weighted by atomic mass is 10.0. The van der Waals surface area contributed by atoms with E-state index in [9.17, 15) is 9.90 Å². The Balaban J connectivity index is 1.54. The summed E-state index contributed by atoms with van der Waals surface area (Å²) in [5.41, 5.74) is 2.81. The second kappa shape index (κ2) is 14.7. The van der Waals surface area contributed by atoms with Crippen LogP contribution in [0.25, 0.3) is 22.1 Å². The van der Waals surface area contributed by atoms with Gasteiger partial charge < -0.3 is 14.3 Å². The van der Waals surface area contributed by atoms with Crippen LogP contribution in [0.4, 0.5) is 0 Å². The monoisotopic (exact) mass is 478 g/mol. The van der Waals surface area contributed by atoms with Gasteiger partial charge in [-0.25, -0.2) is 4.79 Å². The van der Waals surface area contributed by atoms with E-state index in [1.165, 1.54) is 63.4 Å². The van der Waals surface area contributed by atoms with Crippen molar-refractivity contribution in [2.24, 2.45) is 0 Å². The average molecular weight is 479 g/mol. The SMILES string of the molecule is CCCCCCCCCCC(O)Oc1ccc2cc(-c3ccc(CCCCC)cc3)c(=O)oc2c1. The Kier molecular flexibility index (Phi) is 11.4. The zero-order chi connectivity index (χ0) is 24.9. The van der Waals surface area contributed by atoms with Crippen LogP contribution < -0.4 is 10.4 Å². The highest BCUT2D eigenvalue weighted by Crippen LogP contribution is 2.26. The summed E-state index contributed by atoms with van der Waals surface area (Å²) in [4.78, 5) is 12.7. The van der Waals surface area contributed by atoms with Crippen molar-refractivity contribution in [3.8, 4) is 16.9 Å². The number of aliphatic hydroxyl groups excluding tert-OH is 1. The summed E-state index contributed by atoms with van der Waals surface area (Å²) in [6.07, 6.45) is 14.2. The van der Waals surface area contributed by atoms with E-state index in [1.54, 1.807) is 6.07 Å². The number of benzene rings is 2. The molecule has 0 radical (unpaired) electrons. The number of unbranched alkanes of at least 4 members (excludes halogenated alkanes) is 9. The zero-order valence-corrected chi connectivity index (χ0v) is 21.6. The number of aliphatic hydroxyl groups is 1. The van der Waals surface area contributed by atoms with Crippen molar-refractivity contribution in [1.29, 1.82) is 0 Å². The molecule has 1 N–H and O–H groups in total. The van der Waals surface area contributed by atoms with E-state index >= 15 is 0 Å². The first-order valence-corrected chi connectivity index (χ1v) is 13.6. The van der Waals surface area contributed by atoms with Crippen LogP contribution in [0.15, 0.2) is 57.7 Å². The van der Waals surface area contributed by atoms with Crippen molar-refractivity contribution >= 4 is 11.0 Å². The highest BCUT2D eigenvalue weighted by molar-refractivity contribution is 5.82. The molecule has 0 saturated heterocycles. The van der Waals surface area contributed by atoms with E-state index < -0.39 is 6.29 Å². The van der Waals surface area contributed by atoms with Crippen LogP contribution in [0.3, 0.4) is 0 Å². The van der Waals surface area contributed by atoms with Gasteiger partial charge in [-0.05, 0) is 48.6 Å². The Morgan fingerprint density at radius 2 is 1.46 bits per heavy atom. The minimum Gasteiger partial charge on any atom is -0.465 e. The first-order chi connectivity index (χ1) is 17.1. The van der Waals surface area contributed by atoms with Crippen LogP contribution >= 0.6 is 0 Å². The highest BCUT2D eigenvalue weighted by Gasteiger charge is 2.11. The molecule has 3 aromatic rings. The Morgan fingerprint density at radius 3 is 2.17 bits per heavy atom. The number of hydrogen-bond acceptors (Lipinski definition) is 4. The fourth-order valence-electron chi connectivity index (χ4n) is 4.47. The number of hydrogen-bond donors (Lipinski definition) is 1. The minimum atomic E-state index is -0.852.